The van der Waals surface area contributed by atoms with Crippen LogP contribution in [0.3, 0.4) is 0 Å². The van der Waals surface area contributed by atoms with Crippen LogP contribution in [0.15, 0.2) is 77.9 Å². The third-order valence-corrected chi connectivity index (χ3v) is 5.92. The van der Waals surface area contributed by atoms with Crippen LogP contribution in [0, 0.1) is 0 Å². The maximum atomic E-state index is 12.0. The van der Waals surface area contributed by atoms with Crippen molar-refractivity contribution in [2.24, 2.45) is 0 Å². The van der Waals surface area contributed by atoms with E-state index in [4.69, 9.17) is 18.6 Å². The van der Waals surface area contributed by atoms with Crippen LogP contribution in [0.25, 0.3) is 27.9 Å². The van der Waals surface area contributed by atoms with Gasteiger partial charge in [-0.1, -0.05) is 37.8 Å². The number of methoxy groups -OCH3 is 1. The molecular weight excluding hydrogens is 440 g/mol. The van der Waals surface area contributed by atoms with Gasteiger partial charge < -0.3 is 18.6 Å². The molecule has 1 aromatic heterocycles. The maximum Gasteiger partial charge on any atom is 0.310 e. The summed E-state index contributed by atoms with van der Waals surface area (Å²) < 4.78 is 22.4. The minimum absolute atomic E-state index is 0.0922. The summed E-state index contributed by atoms with van der Waals surface area (Å²) in [6, 6.07) is 20.2. The fourth-order valence-corrected chi connectivity index (χ4v) is 4.08. The molecular formula is C30H30O5. The molecule has 0 atom stereocenters. The number of carbonyl (C=O) groups is 1. The molecule has 5 heteroatoms. The molecule has 0 unspecified atom stereocenters. The standard InChI is InChI=1S/C30H30O5/c1-5-21-8-7-9-24(14-21)27-16-22(15-25-12-13-34-30(25)27)19-35-28-11-10-23(20(3)33-6-2)17-26(28)18-29(31)32-4/h7-17H,3,5-6,18-19H2,1-2,4H3. The summed E-state index contributed by atoms with van der Waals surface area (Å²) in [7, 11) is 1.38. The summed E-state index contributed by atoms with van der Waals surface area (Å²) in [5.74, 6) is 0.826. The molecule has 4 rings (SSSR count). The molecule has 3 aromatic carbocycles. The Morgan fingerprint density at radius 1 is 1.00 bits per heavy atom. The van der Waals surface area contributed by atoms with Crippen molar-refractivity contribution in [1.82, 2.24) is 0 Å². The Hall–Kier alpha value is -3.99. The minimum atomic E-state index is -0.341. The van der Waals surface area contributed by atoms with Gasteiger partial charge in [0, 0.05) is 22.1 Å². The van der Waals surface area contributed by atoms with Gasteiger partial charge in [-0.25, -0.2) is 0 Å². The van der Waals surface area contributed by atoms with Gasteiger partial charge in [0.15, 0.2) is 0 Å². The van der Waals surface area contributed by atoms with Gasteiger partial charge in [0.1, 0.15) is 23.7 Å². The van der Waals surface area contributed by atoms with Gasteiger partial charge in [-0.15, -0.1) is 0 Å². The first-order valence-corrected chi connectivity index (χ1v) is 11.8. The average molecular weight is 471 g/mol. The van der Waals surface area contributed by atoms with Crippen molar-refractivity contribution in [3.05, 3.63) is 95.8 Å². The lowest BCUT2D eigenvalue weighted by Crippen LogP contribution is -2.08. The van der Waals surface area contributed by atoms with Crippen LogP contribution in [-0.4, -0.2) is 19.7 Å². The van der Waals surface area contributed by atoms with E-state index in [9.17, 15) is 4.79 Å². The van der Waals surface area contributed by atoms with Crippen molar-refractivity contribution in [2.45, 2.75) is 33.3 Å². The topological polar surface area (TPSA) is 57.9 Å². The van der Waals surface area contributed by atoms with Gasteiger partial charge in [0.2, 0.25) is 0 Å². The first kappa shape index (κ1) is 24.1. The number of furan rings is 1. The molecule has 0 fully saturated rings. The van der Waals surface area contributed by atoms with E-state index in [0.717, 1.165) is 45.2 Å². The Labute approximate surface area is 205 Å². The number of esters is 1. The average Bonchev–Trinajstić information content (AvgIpc) is 3.36. The van der Waals surface area contributed by atoms with Crippen LogP contribution in [0.2, 0.25) is 0 Å². The van der Waals surface area contributed by atoms with E-state index in [-0.39, 0.29) is 12.4 Å². The molecule has 0 bridgehead atoms. The van der Waals surface area contributed by atoms with Crippen LogP contribution in [0.1, 0.15) is 36.1 Å². The van der Waals surface area contributed by atoms with Crippen molar-refractivity contribution in [3.8, 4) is 16.9 Å². The number of benzene rings is 3. The molecule has 1 heterocycles. The van der Waals surface area contributed by atoms with Crippen molar-refractivity contribution in [2.75, 3.05) is 13.7 Å². The zero-order valence-electron chi connectivity index (χ0n) is 20.4. The van der Waals surface area contributed by atoms with E-state index in [1.807, 2.05) is 31.2 Å². The Morgan fingerprint density at radius 3 is 2.63 bits per heavy atom. The van der Waals surface area contributed by atoms with E-state index < -0.39 is 0 Å². The Balaban J connectivity index is 1.64. The molecule has 0 spiro atoms. The maximum absolute atomic E-state index is 12.0. The number of carbonyl (C=O) groups excluding carboxylic acids is 1. The van der Waals surface area contributed by atoms with E-state index in [0.29, 0.717) is 24.7 Å². The van der Waals surface area contributed by atoms with Gasteiger partial charge in [-0.05, 0) is 66.4 Å². The zero-order chi connectivity index (χ0) is 24.8. The number of hydrogen-bond donors (Lipinski definition) is 0. The largest absolute Gasteiger partial charge is 0.494 e. The summed E-state index contributed by atoms with van der Waals surface area (Å²) in [5, 5.41) is 1.01. The van der Waals surface area contributed by atoms with Crippen molar-refractivity contribution >= 4 is 22.7 Å². The van der Waals surface area contributed by atoms with Crippen LogP contribution in [0.5, 0.6) is 5.75 Å². The zero-order valence-corrected chi connectivity index (χ0v) is 20.4. The van der Waals surface area contributed by atoms with Crippen molar-refractivity contribution in [1.29, 1.82) is 0 Å². The van der Waals surface area contributed by atoms with E-state index in [1.165, 1.54) is 12.7 Å². The third-order valence-electron chi connectivity index (χ3n) is 5.92. The highest BCUT2D eigenvalue weighted by Gasteiger charge is 2.14. The summed E-state index contributed by atoms with van der Waals surface area (Å²) in [6.07, 6.45) is 2.77. The van der Waals surface area contributed by atoms with Gasteiger partial charge in [0.05, 0.1) is 26.4 Å². The second-order valence-electron chi connectivity index (χ2n) is 8.26. The minimum Gasteiger partial charge on any atom is -0.494 e. The van der Waals surface area contributed by atoms with Crippen molar-refractivity contribution < 1.29 is 23.4 Å². The number of aryl methyl sites for hydroxylation is 1. The van der Waals surface area contributed by atoms with E-state index in [1.54, 1.807) is 6.26 Å². The van der Waals surface area contributed by atoms with Crippen LogP contribution in [0.4, 0.5) is 0 Å². The molecule has 0 amide bonds. The predicted molar refractivity (Wildman–Crippen MR) is 138 cm³/mol. The molecule has 0 aliphatic carbocycles. The quantitative estimate of drug-likeness (QED) is 0.185. The number of rotatable bonds is 10. The molecule has 0 saturated carbocycles. The third kappa shape index (κ3) is 5.57. The fraction of sp³-hybridized carbons (Fsp3) is 0.233. The second-order valence-corrected chi connectivity index (χ2v) is 8.26. The Bertz CT molecular complexity index is 1350. The summed E-state index contributed by atoms with van der Waals surface area (Å²) >= 11 is 0. The SMILES string of the molecule is C=C(OCC)c1ccc(OCc2cc(-c3cccc(CC)c3)c3occc3c2)c(CC(=O)OC)c1. The fourth-order valence-electron chi connectivity index (χ4n) is 4.08. The highest BCUT2D eigenvalue weighted by molar-refractivity contribution is 5.93. The normalized spacial score (nSPS) is 10.8. The monoisotopic (exact) mass is 470 g/mol. The van der Waals surface area contributed by atoms with Gasteiger partial charge in [-0.3, -0.25) is 4.79 Å². The van der Waals surface area contributed by atoms with Gasteiger partial charge in [0.25, 0.3) is 0 Å². The summed E-state index contributed by atoms with van der Waals surface area (Å²) in [6.45, 7) is 8.87. The highest BCUT2D eigenvalue weighted by Crippen LogP contribution is 2.33. The Morgan fingerprint density at radius 2 is 1.86 bits per heavy atom. The summed E-state index contributed by atoms with van der Waals surface area (Å²) in [5.41, 5.74) is 6.78. The molecule has 180 valence electrons. The van der Waals surface area contributed by atoms with E-state index in [2.05, 4.69) is 49.9 Å². The van der Waals surface area contributed by atoms with Crippen LogP contribution < -0.4 is 4.74 Å². The lowest BCUT2D eigenvalue weighted by Gasteiger charge is -2.15. The molecule has 0 aliphatic rings. The smallest absolute Gasteiger partial charge is 0.310 e. The number of fused-ring (bicyclic) bond motifs is 1. The lowest BCUT2D eigenvalue weighted by molar-refractivity contribution is -0.139. The highest BCUT2D eigenvalue weighted by atomic mass is 16.5. The number of hydrogen-bond acceptors (Lipinski definition) is 5. The first-order chi connectivity index (χ1) is 17.0. The first-order valence-electron chi connectivity index (χ1n) is 11.8. The Kier molecular flexibility index (Phi) is 7.56. The van der Waals surface area contributed by atoms with Gasteiger partial charge in [-0.2, -0.15) is 0 Å². The van der Waals surface area contributed by atoms with Crippen LogP contribution in [-0.2, 0) is 33.7 Å². The molecule has 0 N–H and O–H groups in total. The number of ether oxygens (including phenoxy) is 3. The lowest BCUT2D eigenvalue weighted by atomic mass is 9.98. The summed E-state index contributed by atoms with van der Waals surface area (Å²) in [4.78, 5) is 12.0. The molecule has 5 nitrogen and oxygen atoms in total. The van der Waals surface area contributed by atoms with Crippen molar-refractivity contribution in [3.63, 3.8) is 0 Å². The molecule has 4 aromatic rings. The molecule has 0 radical (unpaired) electrons. The predicted octanol–water partition coefficient (Wildman–Crippen LogP) is 6.96. The van der Waals surface area contributed by atoms with Gasteiger partial charge >= 0.3 is 5.97 Å². The second kappa shape index (κ2) is 11.0. The molecule has 35 heavy (non-hydrogen) atoms. The molecule has 0 aliphatic heterocycles. The van der Waals surface area contributed by atoms with E-state index >= 15 is 0 Å². The molecule has 0 saturated heterocycles. The van der Waals surface area contributed by atoms with Crippen LogP contribution >= 0.6 is 0 Å².